The molecule has 0 aliphatic rings. The Morgan fingerprint density at radius 1 is 1.57 bits per heavy atom. The van der Waals surface area contributed by atoms with Crippen molar-refractivity contribution in [2.75, 3.05) is 20.2 Å². The number of halogens is 1. The third-order valence-corrected chi connectivity index (χ3v) is 2.68. The van der Waals surface area contributed by atoms with Crippen molar-refractivity contribution in [1.82, 2.24) is 4.90 Å². The summed E-state index contributed by atoms with van der Waals surface area (Å²) in [5, 5.41) is 19.2. The molecule has 1 aromatic rings. The first-order valence-electron chi connectivity index (χ1n) is 6.13. The van der Waals surface area contributed by atoms with Crippen LogP contribution in [0.4, 0.5) is 10.1 Å². The van der Waals surface area contributed by atoms with Gasteiger partial charge in [-0.25, -0.2) is 4.39 Å². The molecule has 0 spiro atoms. The summed E-state index contributed by atoms with van der Waals surface area (Å²) < 4.78 is 18.2. The molecular formula is C13H14FN3O4. The maximum atomic E-state index is 13.1. The molecule has 21 heavy (non-hydrogen) atoms. The molecule has 0 N–H and O–H groups in total. The number of hydrogen-bond donors (Lipinski definition) is 0. The molecule has 8 heteroatoms. The van der Waals surface area contributed by atoms with E-state index in [2.05, 4.69) is 0 Å². The van der Waals surface area contributed by atoms with E-state index in [9.17, 15) is 19.3 Å². The molecule has 0 aliphatic heterocycles. The van der Waals surface area contributed by atoms with Crippen LogP contribution in [0.2, 0.25) is 0 Å². The standard InChI is InChI=1S/C13H14FN3O4/c1-16(7-2-6-15)13(18)5-8-21-12-9-10(14)3-4-11(12)17(19)20/h3-4,9H,2,5,7-8H2,1H3. The first-order chi connectivity index (χ1) is 9.95. The van der Waals surface area contributed by atoms with Crippen LogP contribution in [0.1, 0.15) is 12.8 Å². The summed E-state index contributed by atoms with van der Waals surface area (Å²) in [6, 6.07) is 4.79. The smallest absolute Gasteiger partial charge is 0.311 e. The monoisotopic (exact) mass is 295 g/mol. The highest BCUT2D eigenvalue weighted by Gasteiger charge is 2.16. The average Bonchev–Trinajstić information content (AvgIpc) is 2.44. The maximum absolute atomic E-state index is 13.1. The zero-order chi connectivity index (χ0) is 15.8. The van der Waals surface area contributed by atoms with Crippen molar-refractivity contribution in [1.29, 1.82) is 5.26 Å². The average molecular weight is 295 g/mol. The summed E-state index contributed by atoms with van der Waals surface area (Å²) in [7, 11) is 1.55. The highest BCUT2D eigenvalue weighted by Crippen LogP contribution is 2.27. The third-order valence-electron chi connectivity index (χ3n) is 2.68. The van der Waals surface area contributed by atoms with Gasteiger partial charge in [0.15, 0.2) is 5.75 Å². The molecule has 0 bridgehead atoms. The minimum atomic E-state index is -0.685. The van der Waals surface area contributed by atoms with Crippen molar-refractivity contribution in [2.24, 2.45) is 0 Å². The van der Waals surface area contributed by atoms with E-state index in [1.165, 1.54) is 4.90 Å². The fourth-order valence-corrected chi connectivity index (χ4v) is 1.54. The number of hydrogen-bond acceptors (Lipinski definition) is 5. The Balaban J connectivity index is 2.56. The van der Waals surface area contributed by atoms with Crippen molar-refractivity contribution in [2.45, 2.75) is 12.8 Å². The lowest BCUT2D eigenvalue weighted by atomic mass is 10.3. The van der Waals surface area contributed by atoms with Gasteiger partial charge in [-0.3, -0.25) is 14.9 Å². The Kier molecular flexibility index (Phi) is 6.07. The normalized spacial score (nSPS) is 9.76. The first kappa shape index (κ1) is 16.4. The van der Waals surface area contributed by atoms with Gasteiger partial charge < -0.3 is 9.64 Å². The van der Waals surface area contributed by atoms with E-state index in [1.807, 2.05) is 6.07 Å². The lowest BCUT2D eigenvalue weighted by Crippen LogP contribution is -2.28. The number of nitrogens with zero attached hydrogens (tertiary/aromatic N) is 3. The number of ether oxygens (including phenoxy) is 1. The summed E-state index contributed by atoms with van der Waals surface area (Å²) in [6.07, 6.45) is 0.202. The molecule has 0 heterocycles. The topological polar surface area (TPSA) is 96.5 Å². The van der Waals surface area contributed by atoms with Crippen LogP contribution in [-0.4, -0.2) is 35.9 Å². The lowest BCUT2D eigenvalue weighted by molar-refractivity contribution is -0.385. The zero-order valence-electron chi connectivity index (χ0n) is 11.4. The summed E-state index contributed by atoms with van der Waals surface area (Å²) in [5.41, 5.74) is -0.360. The van der Waals surface area contributed by atoms with Crippen molar-refractivity contribution in [3.8, 4) is 11.8 Å². The molecule has 0 aromatic heterocycles. The van der Waals surface area contributed by atoms with Gasteiger partial charge in [0.1, 0.15) is 5.82 Å². The number of carbonyl (C=O) groups is 1. The second-order valence-electron chi connectivity index (χ2n) is 4.19. The van der Waals surface area contributed by atoms with Gasteiger partial charge in [-0.1, -0.05) is 0 Å². The second kappa shape index (κ2) is 7.79. The summed E-state index contributed by atoms with van der Waals surface area (Å²) in [4.78, 5) is 23.1. The van der Waals surface area contributed by atoms with Crippen LogP contribution in [0, 0.1) is 27.3 Å². The van der Waals surface area contributed by atoms with E-state index in [1.54, 1.807) is 7.05 Å². The Hall–Kier alpha value is -2.69. The molecule has 1 amide bonds. The molecule has 7 nitrogen and oxygen atoms in total. The van der Waals surface area contributed by atoms with E-state index in [0.717, 1.165) is 18.2 Å². The van der Waals surface area contributed by atoms with Crippen LogP contribution >= 0.6 is 0 Å². The molecule has 0 fully saturated rings. The van der Waals surface area contributed by atoms with Crippen LogP contribution in [0.3, 0.4) is 0 Å². The molecule has 1 aromatic carbocycles. The van der Waals surface area contributed by atoms with E-state index in [0.29, 0.717) is 6.54 Å². The molecule has 112 valence electrons. The SMILES string of the molecule is CN(CCC#N)C(=O)CCOc1cc(F)ccc1[N+](=O)[O-]. The Morgan fingerprint density at radius 3 is 2.90 bits per heavy atom. The highest BCUT2D eigenvalue weighted by molar-refractivity contribution is 5.76. The molecule has 0 saturated heterocycles. The largest absolute Gasteiger partial charge is 0.486 e. The number of amides is 1. The van der Waals surface area contributed by atoms with E-state index >= 15 is 0 Å². The Labute approximate surface area is 120 Å². The van der Waals surface area contributed by atoms with Gasteiger partial charge in [0, 0.05) is 25.7 Å². The van der Waals surface area contributed by atoms with Crippen LogP contribution in [0.15, 0.2) is 18.2 Å². The van der Waals surface area contributed by atoms with Crippen molar-refractivity contribution >= 4 is 11.6 Å². The molecule has 0 aliphatic carbocycles. The summed E-state index contributed by atoms with van der Waals surface area (Å²) >= 11 is 0. The minimum Gasteiger partial charge on any atom is -0.486 e. The molecule has 0 radical (unpaired) electrons. The number of nitriles is 1. The number of nitro groups is 1. The number of benzene rings is 1. The predicted octanol–water partition coefficient (Wildman–Crippen LogP) is 1.87. The third kappa shape index (κ3) is 5.06. The maximum Gasteiger partial charge on any atom is 0.311 e. The van der Waals surface area contributed by atoms with E-state index in [-0.39, 0.29) is 36.8 Å². The van der Waals surface area contributed by atoms with Gasteiger partial charge in [-0.05, 0) is 6.07 Å². The Bertz CT molecular complexity index is 571. The van der Waals surface area contributed by atoms with Gasteiger partial charge in [0.2, 0.25) is 5.91 Å². The Morgan fingerprint density at radius 2 is 2.29 bits per heavy atom. The lowest BCUT2D eigenvalue weighted by Gasteiger charge is -2.15. The number of carbonyl (C=O) groups excluding carboxylic acids is 1. The van der Waals surface area contributed by atoms with E-state index < -0.39 is 10.7 Å². The molecule has 1 rings (SSSR count). The first-order valence-corrected chi connectivity index (χ1v) is 6.13. The fourth-order valence-electron chi connectivity index (χ4n) is 1.54. The quantitative estimate of drug-likeness (QED) is 0.565. The highest BCUT2D eigenvalue weighted by atomic mass is 19.1. The van der Waals surface area contributed by atoms with Crippen molar-refractivity contribution < 1.29 is 18.8 Å². The molecule has 0 saturated carbocycles. The van der Waals surface area contributed by atoms with Gasteiger partial charge in [-0.15, -0.1) is 0 Å². The minimum absolute atomic E-state index is 0.0183. The van der Waals surface area contributed by atoms with Crippen molar-refractivity contribution in [3.63, 3.8) is 0 Å². The number of nitro benzene ring substituents is 1. The number of rotatable bonds is 7. The zero-order valence-corrected chi connectivity index (χ0v) is 11.4. The second-order valence-corrected chi connectivity index (χ2v) is 4.19. The van der Waals surface area contributed by atoms with Crippen LogP contribution < -0.4 is 4.74 Å². The van der Waals surface area contributed by atoms with Gasteiger partial charge in [0.25, 0.3) is 0 Å². The van der Waals surface area contributed by atoms with Gasteiger partial charge >= 0.3 is 5.69 Å². The summed E-state index contributed by atoms with van der Waals surface area (Å²) in [6.45, 7) is 0.190. The molecule has 0 unspecified atom stereocenters. The van der Waals surface area contributed by atoms with Crippen LogP contribution in [-0.2, 0) is 4.79 Å². The van der Waals surface area contributed by atoms with Crippen LogP contribution in [0.5, 0.6) is 5.75 Å². The van der Waals surface area contributed by atoms with Gasteiger partial charge in [0.05, 0.1) is 30.4 Å². The molecular weight excluding hydrogens is 281 g/mol. The van der Waals surface area contributed by atoms with Crippen molar-refractivity contribution in [3.05, 3.63) is 34.1 Å². The summed E-state index contributed by atoms with van der Waals surface area (Å²) in [5.74, 6) is -1.13. The van der Waals surface area contributed by atoms with Crippen LogP contribution in [0.25, 0.3) is 0 Å². The molecule has 0 atom stereocenters. The predicted molar refractivity (Wildman–Crippen MR) is 71.0 cm³/mol. The van der Waals surface area contributed by atoms with Gasteiger partial charge in [-0.2, -0.15) is 5.26 Å². The van der Waals surface area contributed by atoms with E-state index in [4.69, 9.17) is 10.00 Å². The fraction of sp³-hybridized carbons (Fsp3) is 0.385.